The molecule has 0 saturated heterocycles. The molecule has 0 aliphatic rings. The summed E-state index contributed by atoms with van der Waals surface area (Å²) in [5.74, 6) is -0.00296. The Labute approximate surface area is 101 Å². The van der Waals surface area contributed by atoms with Gasteiger partial charge in [0.15, 0.2) is 0 Å². The van der Waals surface area contributed by atoms with Crippen molar-refractivity contribution in [3.63, 3.8) is 0 Å². The molecule has 0 unspecified atom stereocenters. The number of unbranched alkanes of at least 4 members (excludes halogenated alkanes) is 4. The number of carbonyl (C=O) groups is 1. The van der Waals surface area contributed by atoms with Gasteiger partial charge in [-0.15, -0.1) is 0 Å². The first kappa shape index (κ1) is 15.5. The Kier molecular flexibility index (Phi) is 10.6. The van der Waals surface area contributed by atoms with Crippen molar-refractivity contribution in [3.05, 3.63) is 0 Å². The normalized spacial score (nSPS) is 12.4. The Morgan fingerprint density at radius 2 is 1.62 bits per heavy atom. The van der Waals surface area contributed by atoms with E-state index >= 15 is 0 Å². The smallest absolute Gasteiger partial charge is 0.306 e. The molecule has 0 saturated carbocycles. The maximum absolute atomic E-state index is 11.5. The van der Waals surface area contributed by atoms with E-state index in [0.29, 0.717) is 6.42 Å². The summed E-state index contributed by atoms with van der Waals surface area (Å²) in [5, 5.41) is 0. The van der Waals surface area contributed by atoms with Crippen LogP contribution in [0.5, 0.6) is 0 Å². The van der Waals surface area contributed by atoms with Crippen LogP contribution >= 0.6 is 0 Å². The van der Waals surface area contributed by atoms with Gasteiger partial charge in [0.25, 0.3) is 0 Å². The molecule has 0 aliphatic carbocycles. The van der Waals surface area contributed by atoms with Gasteiger partial charge in [0, 0.05) is 6.42 Å². The summed E-state index contributed by atoms with van der Waals surface area (Å²) in [6.45, 7) is 6.43. The van der Waals surface area contributed by atoms with Crippen LogP contribution in [-0.4, -0.2) is 12.1 Å². The molecule has 0 aromatic heterocycles. The molecule has 0 aliphatic heterocycles. The zero-order chi connectivity index (χ0) is 12.2. The Bertz CT molecular complexity index is 166. The van der Waals surface area contributed by atoms with Gasteiger partial charge in [-0.1, -0.05) is 46.5 Å². The third-order valence-corrected chi connectivity index (χ3v) is 2.87. The number of hydrogen-bond donors (Lipinski definition) is 0. The fraction of sp³-hybridized carbons (Fsp3) is 0.929. The lowest BCUT2D eigenvalue weighted by Crippen LogP contribution is -2.17. The molecule has 0 fully saturated rings. The van der Waals surface area contributed by atoms with Crippen LogP contribution in [-0.2, 0) is 9.53 Å². The lowest BCUT2D eigenvalue weighted by atomic mass is 10.1. The first-order chi connectivity index (χ1) is 7.74. The molecule has 16 heavy (non-hydrogen) atoms. The van der Waals surface area contributed by atoms with Crippen molar-refractivity contribution >= 4 is 5.97 Å². The van der Waals surface area contributed by atoms with Gasteiger partial charge in [0.2, 0.25) is 0 Å². The second-order valence-corrected chi connectivity index (χ2v) is 4.47. The standard InChI is InChI=1S/C14H28O2/c1-4-7-9-11-13(6-3)16-14(15)12-10-8-5-2/h13H,4-12H2,1-3H3/t13-/m1/s1. The summed E-state index contributed by atoms with van der Waals surface area (Å²) in [5.41, 5.74) is 0. The lowest BCUT2D eigenvalue weighted by molar-refractivity contribution is -0.149. The van der Waals surface area contributed by atoms with E-state index in [9.17, 15) is 4.79 Å². The van der Waals surface area contributed by atoms with Crippen LogP contribution < -0.4 is 0 Å². The predicted molar refractivity (Wildman–Crippen MR) is 68.5 cm³/mol. The quantitative estimate of drug-likeness (QED) is 0.407. The molecular weight excluding hydrogens is 200 g/mol. The van der Waals surface area contributed by atoms with Crippen molar-refractivity contribution in [1.82, 2.24) is 0 Å². The van der Waals surface area contributed by atoms with Crippen molar-refractivity contribution in [2.24, 2.45) is 0 Å². The molecule has 0 spiro atoms. The second-order valence-electron chi connectivity index (χ2n) is 4.47. The fourth-order valence-electron chi connectivity index (χ4n) is 1.73. The van der Waals surface area contributed by atoms with E-state index in [0.717, 1.165) is 32.1 Å². The molecule has 2 heteroatoms. The molecule has 0 aromatic rings. The average Bonchev–Trinajstić information content (AvgIpc) is 2.28. The fourth-order valence-corrected chi connectivity index (χ4v) is 1.73. The zero-order valence-electron chi connectivity index (χ0n) is 11.3. The Balaban J connectivity index is 3.61. The van der Waals surface area contributed by atoms with Crippen LogP contribution in [0, 0.1) is 0 Å². The van der Waals surface area contributed by atoms with Crippen LogP contribution in [0.2, 0.25) is 0 Å². The molecule has 0 radical (unpaired) electrons. The Morgan fingerprint density at radius 3 is 2.19 bits per heavy atom. The number of hydrogen-bond acceptors (Lipinski definition) is 2. The van der Waals surface area contributed by atoms with Gasteiger partial charge in [0.05, 0.1) is 0 Å². The minimum atomic E-state index is -0.00296. The van der Waals surface area contributed by atoms with E-state index in [1.54, 1.807) is 0 Å². The monoisotopic (exact) mass is 228 g/mol. The Morgan fingerprint density at radius 1 is 1.00 bits per heavy atom. The topological polar surface area (TPSA) is 26.3 Å². The van der Waals surface area contributed by atoms with E-state index in [2.05, 4.69) is 20.8 Å². The number of carbonyl (C=O) groups excluding carboxylic acids is 1. The molecule has 0 bridgehead atoms. The molecule has 1 atom stereocenters. The van der Waals surface area contributed by atoms with Crippen molar-refractivity contribution in [1.29, 1.82) is 0 Å². The molecule has 0 N–H and O–H groups in total. The summed E-state index contributed by atoms with van der Waals surface area (Å²) in [7, 11) is 0. The molecule has 0 aromatic carbocycles. The number of rotatable bonds is 10. The van der Waals surface area contributed by atoms with Gasteiger partial charge in [0.1, 0.15) is 6.10 Å². The largest absolute Gasteiger partial charge is 0.462 e. The zero-order valence-corrected chi connectivity index (χ0v) is 11.3. The Hall–Kier alpha value is -0.530. The molecule has 0 heterocycles. The molecule has 96 valence electrons. The summed E-state index contributed by atoms with van der Waals surface area (Å²) in [6.07, 6.45) is 9.62. The average molecular weight is 228 g/mol. The number of ether oxygens (including phenoxy) is 1. The van der Waals surface area contributed by atoms with Crippen molar-refractivity contribution in [2.75, 3.05) is 0 Å². The highest BCUT2D eigenvalue weighted by atomic mass is 16.5. The van der Waals surface area contributed by atoms with Crippen LogP contribution in [0.4, 0.5) is 0 Å². The molecular formula is C14H28O2. The number of esters is 1. The molecule has 0 amide bonds. The van der Waals surface area contributed by atoms with Crippen LogP contribution in [0.1, 0.15) is 78.6 Å². The van der Waals surface area contributed by atoms with E-state index in [1.165, 1.54) is 19.3 Å². The van der Waals surface area contributed by atoms with E-state index < -0.39 is 0 Å². The highest BCUT2D eigenvalue weighted by Gasteiger charge is 2.11. The van der Waals surface area contributed by atoms with E-state index in [4.69, 9.17) is 4.74 Å². The maximum Gasteiger partial charge on any atom is 0.306 e. The van der Waals surface area contributed by atoms with E-state index in [1.807, 2.05) is 0 Å². The molecule has 2 nitrogen and oxygen atoms in total. The van der Waals surface area contributed by atoms with Crippen molar-refractivity contribution < 1.29 is 9.53 Å². The van der Waals surface area contributed by atoms with Crippen LogP contribution in [0.3, 0.4) is 0 Å². The summed E-state index contributed by atoms with van der Waals surface area (Å²) in [4.78, 5) is 11.5. The summed E-state index contributed by atoms with van der Waals surface area (Å²) >= 11 is 0. The second kappa shape index (κ2) is 11.0. The van der Waals surface area contributed by atoms with Gasteiger partial charge < -0.3 is 4.74 Å². The minimum Gasteiger partial charge on any atom is -0.462 e. The third kappa shape index (κ3) is 8.75. The minimum absolute atomic E-state index is 0.00296. The van der Waals surface area contributed by atoms with Gasteiger partial charge in [-0.3, -0.25) is 4.79 Å². The van der Waals surface area contributed by atoms with Crippen molar-refractivity contribution in [2.45, 2.75) is 84.7 Å². The highest BCUT2D eigenvalue weighted by molar-refractivity contribution is 5.69. The highest BCUT2D eigenvalue weighted by Crippen LogP contribution is 2.12. The maximum atomic E-state index is 11.5. The van der Waals surface area contributed by atoms with Gasteiger partial charge in [-0.2, -0.15) is 0 Å². The van der Waals surface area contributed by atoms with Gasteiger partial charge in [-0.05, 0) is 25.7 Å². The molecule has 0 rings (SSSR count). The van der Waals surface area contributed by atoms with Gasteiger partial charge >= 0.3 is 5.97 Å². The lowest BCUT2D eigenvalue weighted by Gasteiger charge is -2.15. The first-order valence-electron chi connectivity index (χ1n) is 6.94. The SMILES string of the molecule is CCCCCC(=O)O[C@H](CC)CCCCC. The first-order valence-corrected chi connectivity index (χ1v) is 6.94. The van der Waals surface area contributed by atoms with Crippen LogP contribution in [0.15, 0.2) is 0 Å². The van der Waals surface area contributed by atoms with Crippen molar-refractivity contribution in [3.8, 4) is 0 Å². The predicted octanol–water partition coefficient (Wildman–Crippen LogP) is 4.47. The van der Waals surface area contributed by atoms with E-state index in [-0.39, 0.29) is 12.1 Å². The van der Waals surface area contributed by atoms with Gasteiger partial charge in [-0.25, -0.2) is 0 Å². The summed E-state index contributed by atoms with van der Waals surface area (Å²) < 4.78 is 5.45. The summed E-state index contributed by atoms with van der Waals surface area (Å²) in [6, 6.07) is 0. The van der Waals surface area contributed by atoms with Crippen LogP contribution in [0.25, 0.3) is 0 Å². The third-order valence-electron chi connectivity index (χ3n) is 2.87.